The van der Waals surface area contributed by atoms with Crippen LogP contribution in [0.5, 0.6) is 0 Å². The van der Waals surface area contributed by atoms with Crippen molar-refractivity contribution < 1.29 is 72.5 Å². The van der Waals surface area contributed by atoms with Crippen LogP contribution in [0.25, 0.3) is 10.9 Å². The first-order valence-corrected chi connectivity index (χ1v) is 46.9. The second kappa shape index (κ2) is 58.9. The van der Waals surface area contributed by atoms with Crippen molar-refractivity contribution in [2.24, 2.45) is 23.1 Å². The van der Waals surface area contributed by atoms with Crippen molar-refractivity contribution in [2.45, 2.75) is 235 Å². The predicted octanol–water partition coefficient (Wildman–Crippen LogP) is 3.32. The molecule has 0 aliphatic carbocycles. The number of aliphatic hydroxyl groups is 1. The summed E-state index contributed by atoms with van der Waals surface area (Å²) in [6.45, 7) is 2.21. The van der Waals surface area contributed by atoms with Gasteiger partial charge in [0, 0.05) is 93.5 Å². The number of nitrogens with zero attached hydrogens (tertiary/aromatic N) is 3. The van der Waals surface area contributed by atoms with E-state index in [2.05, 4.69) is 85.7 Å². The largest absolute Gasteiger partial charge is 0.480 e. The first-order chi connectivity index (χ1) is 61.2. The number of fused-ring (bicyclic) bond motifs is 1. The van der Waals surface area contributed by atoms with Crippen LogP contribution in [-0.2, 0) is 75.2 Å². The van der Waals surface area contributed by atoms with Crippen LogP contribution in [0.1, 0.15) is 196 Å². The summed E-state index contributed by atoms with van der Waals surface area (Å²) in [7, 11) is 2.49. The van der Waals surface area contributed by atoms with Gasteiger partial charge in [0.1, 0.15) is 48.8 Å². The highest BCUT2D eigenvalue weighted by molar-refractivity contribution is 8.76. The number of amides is 12. The average molecular weight is 1800 g/mol. The van der Waals surface area contributed by atoms with Crippen LogP contribution < -0.4 is 81.0 Å². The van der Waals surface area contributed by atoms with Gasteiger partial charge in [-0.3, -0.25) is 78.5 Å². The first-order valence-electron chi connectivity index (χ1n) is 44.2. The van der Waals surface area contributed by atoms with Gasteiger partial charge in [-0.25, -0.2) is 4.98 Å². The Balaban J connectivity index is 1.15. The average Bonchev–Trinajstić information content (AvgIpc) is 0.892. The Morgan fingerprint density at radius 3 is 1.66 bits per heavy atom. The molecular weight excluding hydrogens is 1670 g/mol. The van der Waals surface area contributed by atoms with Crippen LogP contribution in [0.15, 0.2) is 104 Å². The zero-order chi connectivity index (χ0) is 92.3. The summed E-state index contributed by atoms with van der Waals surface area (Å²) in [5.74, 6) is -12.5. The number of nitrogens with one attached hydrogen (secondary N) is 16. The molecule has 9 unspecified atom stereocenters. The number of carboxylic acids is 1. The van der Waals surface area contributed by atoms with Crippen molar-refractivity contribution in [3.05, 3.63) is 126 Å². The smallest absolute Gasteiger partial charge is 0.317 e. The Morgan fingerprint density at radius 2 is 1.09 bits per heavy atom. The second-order valence-electron chi connectivity index (χ2n) is 32.0. The molecule has 127 heavy (non-hydrogen) atoms. The number of benzene rings is 3. The number of nitrogens with two attached hydrogens (primary N) is 3. The van der Waals surface area contributed by atoms with Crippen LogP contribution in [0.4, 0.5) is 0 Å². The molecule has 0 saturated carbocycles. The van der Waals surface area contributed by atoms with Gasteiger partial charge in [0.05, 0.1) is 43.7 Å². The van der Waals surface area contributed by atoms with Gasteiger partial charge in [-0.05, 0) is 93.7 Å². The molecule has 0 radical (unpaired) electrons. The number of carbonyl (C=O) groups is 13. The summed E-state index contributed by atoms with van der Waals surface area (Å²) in [4.78, 5) is 195. The van der Waals surface area contributed by atoms with Crippen LogP contribution in [0.3, 0.4) is 0 Å². The highest BCUT2D eigenvalue weighted by Crippen LogP contribution is 2.32. The van der Waals surface area contributed by atoms with Gasteiger partial charge in [0.2, 0.25) is 70.9 Å². The lowest BCUT2D eigenvalue weighted by Gasteiger charge is -2.38. The molecule has 1 aliphatic rings. The topological polar surface area (TPSA) is 583 Å². The molecule has 1 aliphatic heterocycles. The number of aliphatic carboxylic acids is 1. The van der Waals surface area contributed by atoms with Crippen molar-refractivity contribution in [1.29, 1.82) is 10.8 Å². The Kier molecular flexibility index (Phi) is 48.4. The van der Waals surface area contributed by atoms with Gasteiger partial charge < -0.3 is 106 Å². The summed E-state index contributed by atoms with van der Waals surface area (Å²) in [5.41, 5.74) is 19.7. The number of H-pyrrole nitrogens is 2. The quantitative estimate of drug-likeness (QED) is 0.0115. The zero-order valence-electron chi connectivity index (χ0n) is 73.3. The van der Waals surface area contributed by atoms with Crippen molar-refractivity contribution in [3.8, 4) is 0 Å². The third kappa shape index (κ3) is 39.6. The number of aromatic amines is 2. The van der Waals surface area contributed by atoms with E-state index in [9.17, 15) is 57.8 Å². The lowest BCUT2D eigenvalue weighted by Crippen LogP contribution is -2.61. The van der Waals surface area contributed by atoms with Crippen LogP contribution in [0, 0.1) is 16.7 Å². The molecule has 3 heterocycles. The fourth-order valence-corrected chi connectivity index (χ4v) is 16.4. The fourth-order valence-electron chi connectivity index (χ4n) is 15.0. The van der Waals surface area contributed by atoms with Crippen LogP contribution in [-0.4, -0.2) is 250 Å². The maximum atomic E-state index is 15.8. The highest BCUT2D eigenvalue weighted by Gasteiger charge is 2.42. The predicted molar refractivity (Wildman–Crippen MR) is 489 cm³/mol. The summed E-state index contributed by atoms with van der Waals surface area (Å²) in [6, 6.07) is 15.1. The van der Waals surface area contributed by atoms with Crippen molar-refractivity contribution in [1.82, 2.24) is 88.6 Å². The third-order valence-corrected chi connectivity index (χ3v) is 23.6. The molecule has 698 valence electrons. The van der Waals surface area contributed by atoms with E-state index in [4.69, 9.17) is 33.1 Å². The van der Waals surface area contributed by atoms with Crippen molar-refractivity contribution in [2.75, 3.05) is 77.5 Å². The number of aliphatic hydroxyl groups excluding tert-OH is 1. The number of carboxylic acid groups (broad SMARTS) is 1. The van der Waals surface area contributed by atoms with E-state index >= 15 is 9.59 Å². The molecule has 24 N–H and O–H groups in total. The lowest BCUT2D eigenvalue weighted by atomic mass is 9.83. The Hall–Kier alpha value is -11.3. The minimum atomic E-state index is -1.65. The van der Waals surface area contributed by atoms with Crippen molar-refractivity contribution in [3.63, 3.8) is 0 Å². The van der Waals surface area contributed by atoms with Crippen molar-refractivity contribution >= 4 is 121 Å². The maximum Gasteiger partial charge on any atom is 0.317 e. The number of likely N-dealkylation sites (tertiary alicyclic amines) is 1. The van der Waals surface area contributed by atoms with E-state index in [1.165, 1.54) is 110 Å². The minimum Gasteiger partial charge on any atom is -0.480 e. The maximum absolute atomic E-state index is 15.8. The molecule has 1 saturated heterocycles. The van der Waals surface area contributed by atoms with E-state index < -0.39 is 157 Å². The number of unbranched alkanes of at least 4 members (excludes halogenated alkanes) is 15. The Labute approximate surface area is 750 Å². The monoisotopic (exact) mass is 1800 g/mol. The number of carbonyl (C=O) groups excluding carboxylic acids is 12. The molecule has 6 rings (SSSR count). The summed E-state index contributed by atoms with van der Waals surface area (Å²) in [6.07, 6.45) is 23.2. The molecule has 2 aromatic heterocycles. The number of hydrogen-bond donors (Lipinski definition) is 21. The molecule has 12 amide bonds. The van der Waals surface area contributed by atoms with Gasteiger partial charge >= 0.3 is 5.97 Å². The van der Waals surface area contributed by atoms with Crippen LogP contribution in [0.2, 0.25) is 0 Å². The van der Waals surface area contributed by atoms with E-state index in [0.717, 1.165) is 41.5 Å². The molecule has 0 bridgehead atoms. The van der Waals surface area contributed by atoms with Crippen LogP contribution >= 0.6 is 21.6 Å². The molecule has 37 nitrogen and oxygen atoms in total. The number of para-hydroxylation sites is 1. The third-order valence-electron chi connectivity index (χ3n) is 21.8. The van der Waals surface area contributed by atoms with Gasteiger partial charge in [-0.2, -0.15) is 0 Å². The van der Waals surface area contributed by atoms with E-state index in [0.29, 0.717) is 48.2 Å². The van der Waals surface area contributed by atoms with Gasteiger partial charge in [0.15, 0.2) is 11.9 Å². The number of primary amides is 1. The molecule has 1 fully saturated rings. The minimum absolute atomic E-state index is 0.00180. The zero-order valence-corrected chi connectivity index (χ0v) is 75.0. The summed E-state index contributed by atoms with van der Waals surface area (Å²) < 4.78 is 0. The number of piperidine rings is 1. The number of guanidine groups is 2. The molecule has 9 atom stereocenters. The summed E-state index contributed by atoms with van der Waals surface area (Å²) >= 11 is 0. The SMILES string of the molecule is CCCCCCCCCCCCCCCCNC(=O)CN(CC(N)=O)C(=O)CCCCCNC(=O)C(Cc1c[nH]c2ccccc12)NC(=O)C(CCCNC(=N)N)NC(=O)C(CSSC)NC(=O)C(CCCNC(=N)N)NC(=O)C1CCCN(C(=O)C(NC(=O)C(Cc2c[nH]cn2)NC(=O)C(NC(=O)CNCC(=O)O)C(C)O)C(c2ccccc2)c2ccccc2)C1. The number of hydrogen-bond acceptors (Lipinski definition) is 20. The lowest BCUT2D eigenvalue weighted by molar-refractivity contribution is -0.141. The summed E-state index contributed by atoms with van der Waals surface area (Å²) in [5, 5.41) is 69.2. The van der Waals surface area contributed by atoms with Gasteiger partial charge in [-0.1, -0.05) is 197 Å². The highest BCUT2D eigenvalue weighted by atomic mass is 33.1. The molecule has 5 aromatic rings. The van der Waals surface area contributed by atoms with E-state index in [-0.39, 0.29) is 115 Å². The standard InChI is InChI=1S/C88H134N22O15S2/c1-4-5-6-7-8-9-10-11-12-13-14-15-16-27-42-96-73(114)55-110(54-71(89)112)74(115)41-24-19-28-43-97-80(119)68(47-62-49-100-65-38-26-25-37-64(62)65)104-81(120)67(40-30-45-99-88(92)93)103-84(123)70(56-127-126-3)106-82(121)66(39-29-44-98-87(90)91)102-79(118)61-36-31-46-109(53-61)86(125)78(76(59-32-20-17-21-33-59)60-34-22-18-23-35-60)108-83(122)69(48-63-50-95-57-101-63)105-85(124)77(58(2)111)107-72(113)51-94-52-75(116)117/h17-18,20-23,25-26,32-35,37-38,49-50,57-58,61,66-70,76-78,94,100,111H,4-16,19,24,27-31,36,39-48,51-56H2,1-3H3,(H2,89,112)(H,95,101)(H,96,114)(H,97,119)(H,102,118)(H,103,123)(H,104,120)(H,105,124)(H,106,121)(H,107,113)(H,108,122)(H,116,117)(H4,90,91,98)(H4,92,93,99). The normalized spacial score (nSPS) is 14.4. The molecular formula is C88H134N22O15S2. The number of aromatic nitrogens is 3. The Bertz CT molecular complexity index is 4240. The second-order valence-corrected chi connectivity index (χ2v) is 34.6. The molecule has 39 heteroatoms. The first kappa shape index (κ1) is 104. The Morgan fingerprint density at radius 1 is 0.559 bits per heavy atom. The van der Waals surface area contributed by atoms with Gasteiger partial charge in [-0.15, -0.1) is 0 Å². The van der Waals surface area contributed by atoms with E-state index in [1.807, 2.05) is 24.3 Å². The molecule has 3 aromatic carbocycles. The van der Waals surface area contributed by atoms with E-state index in [1.54, 1.807) is 73.1 Å². The molecule has 0 spiro atoms. The number of imidazole rings is 1. The fraction of sp³-hybridized carbons (Fsp3) is 0.568. The van der Waals surface area contributed by atoms with Gasteiger partial charge in [0.25, 0.3) is 0 Å². The number of rotatable bonds is 63.